The third-order valence-electron chi connectivity index (χ3n) is 2.15. The first-order valence-electron chi connectivity index (χ1n) is 4.13. The molecule has 0 spiro atoms. The summed E-state index contributed by atoms with van der Waals surface area (Å²) < 4.78 is 21.3. The summed E-state index contributed by atoms with van der Waals surface area (Å²) in [5, 5.41) is 2.64. The van der Waals surface area contributed by atoms with Gasteiger partial charge in [0.15, 0.2) is 0 Å². The van der Waals surface area contributed by atoms with Crippen molar-refractivity contribution in [2.24, 2.45) is 0 Å². The van der Waals surface area contributed by atoms with Gasteiger partial charge in [-0.1, -0.05) is 0 Å². The quantitative estimate of drug-likeness (QED) is 0.693. The van der Waals surface area contributed by atoms with Gasteiger partial charge >= 0.3 is 7.60 Å². The molecule has 0 aromatic carbocycles. The Morgan fingerprint density at radius 3 is 2.54 bits per heavy atom. The summed E-state index contributed by atoms with van der Waals surface area (Å²) >= 11 is 0. The Labute approximate surface area is 77.3 Å². The van der Waals surface area contributed by atoms with E-state index in [9.17, 15) is 9.36 Å². The second kappa shape index (κ2) is 4.22. The SMILES string of the molecule is COP(=O)(OC)C1CCCNC1=O. The van der Waals surface area contributed by atoms with E-state index in [4.69, 9.17) is 9.05 Å². The van der Waals surface area contributed by atoms with Crippen LogP contribution in [0.3, 0.4) is 0 Å². The van der Waals surface area contributed by atoms with E-state index in [1.54, 1.807) is 0 Å². The van der Waals surface area contributed by atoms with Crippen LogP contribution >= 0.6 is 7.60 Å². The molecule has 76 valence electrons. The van der Waals surface area contributed by atoms with Gasteiger partial charge < -0.3 is 14.4 Å². The van der Waals surface area contributed by atoms with E-state index in [-0.39, 0.29) is 5.91 Å². The van der Waals surface area contributed by atoms with E-state index in [1.165, 1.54) is 14.2 Å². The summed E-state index contributed by atoms with van der Waals surface area (Å²) in [6, 6.07) is 0. The second-order valence-electron chi connectivity index (χ2n) is 2.85. The molecule has 1 aliphatic rings. The molecule has 0 aromatic rings. The standard InChI is InChI=1S/C7H14NO4P/c1-11-13(10,12-2)6-4-3-5-8-7(6)9/h6H,3-5H2,1-2H3,(H,8,9). The van der Waals surface area contributed by atoms with Crippen LogP contribution in [0.5, 0.6) is 0 Å². The number of hydrogen-bond acceptors (Lipinski definition) is 4. The van der Waals surface area contributed by atoms with Gasteiger partial charge in [-0.15, -0.1) is 0 Å². The lowest BCUT2D eigenvalue weighted by Gasteiger charge is -2.26. The third-order valence-corrected chi connectivity index (χ3v) is 4.42. The van der Waals surface area contributed by atoms with Gasteiger partial charge in [0, 0.05) is 20.8 Å². The molecule has 0 aromatic heterocycles. The zero-order chi connectivity index (χ0) is 9.90. The maximum absolute atomic E-state index is 11.8. The Morgan fingerprint density at radius 1 is 1.46 bits per heavy atom. The minimum absolute atomic E-state index is 0.238. The topological polar surface area (TPSA) is 64.6 Å². The Hall–Kier alpha value is -0.380. The van der Waals surface area contributed by atoms with Gasteiger partial charge in [-0.05, 0) is 12.8 Å². The largest absolute Gasteiger partial charge is 0.355 e. The molecule has 0 saturated carbocycles. The highest BCUT2D eigenvalue weighted by Gasteiger charge is 2.40. The van der Waals surface area contributed by atoms with Gasteiger partial charge in [0.25, 0.3) is 0 Å². The van der Waals surface area contributed by atoms with Crippen LogP contribution in [-0.2, 0) is 18.4 Å². The Kier molecular flexibility index (Phi) is 3.47. The molecule has 1 amide bonds. The maximum atomic E-state index is 11.8. The number of amides is 1. The fraction of sp³-hybridized carbons (Fsp3) is 0.857. The van der Waals surface area contributed by atoms with Crippen LogP contribution in [0.15, 0.2) is 0 Å². The summed E-state index contributed by atoms with van der Waals surface area (Å²) in [7, 11) is -0.629. The minimum atomic E-state index is -3.22. The van der Waals surface area contributed by atoms with Gasteiger partial charge in [0.1, 0.15) is 5.66 Å². The van der Waals surface area contributed by atoms with E-state index >= 15 is 0 Å². The van der Waals surface area contributed by atoms with Crippen molar-refractivity contribution in [1.82, 2.24) is 5.32 Å². The average Bonchev–Trinajstić information content (AvgIpc) is 2.17. The van der Waals surface area contributed by atoms with Crippen LogP contribution in [0.4, 0.5) is 0 Å². The van der Waals surface area contributed by atoms with Crippen LogP contribution < -0.4 is 5.32 Å². The van der Waals surface area contributed by atoms with Gasteiger partial charge in [-0.3, -0.25) is 9.36 Å². The molecule has 1 aliphatic heterocycles. The van der Waals surface area contributed by atoms with Crippen LogP contribution in [0.25, 0.3) is 0 Å². The molecule has 0 radical (unpaired) electrons. The Morgan fingerprint density at radius 2 is 2.08 bits per heavy atom. The molecular formula is C7H14NO4P. The summed E-state index contributed by atoms with van der Waals surface area (Å²) in [4.78, 5) is 11.3. The van der Waals surface area contributed by atoms with Crippen molar-refractivity contribution in [3.8, 4) is 0 Å². The van der Waals surface area contributed by atoms with E-state index in [0.717, 1.165) is 6.42 Å². The summed E-state index contributed by atoms with van der Waals surface area (Å²) in [6.07, 6.45) is 1.37. The molecule has 1 saturated heterocycles. The number of nitrogens with one attached hydrogen (secondary N) is 1. The zero-order valence-electron chi connectivity index (χ0n) is 7.78. The van der Waals surface area contributed by atoms with Gasteiger partial charge in [0.05, 0.1) is 0 Å². The maximum Gasteiger partial charge on any atom is 0.342 e. The van der Waals surface area contributed by atoms with E-state index in [1.807, 2.05) is 0 Å². The highest BCUT2D eigenvalue weighted by atomic mass is 31.2. The van der Waals surface area contributed by atoms with Crippen LogP contribution in [0.1, 0.15) is 12.8 Å². The molecule has 1 rings (SSSR count). The number of hydrogen-bond donors (Lipinski definition) is 1. The number of carbonyl (C=O) groups is 1. The van der Waals surface area contributed by atoms with E-state index in [2.05, 4.69) is 5.32 Å². The number of piperidine rings is 1. The Bertz CT molecular complexity index is 235. The van der Waals surface area contributed by atoms with E-state index < -0.39 is 13.3 Å². The molecule has 0 bridgehead atoms. The lowest BCUT2D eigenvalue weighted by Crippen LogP contribution is -2.40. The van der Waals surface area contributed by atoms with Crippen molar-refractivity contribution < 1.29 is 18.4 Å². The zero-order valence-corrected chi connectivity index (χ0v) is 8.67. The average molecular weight is 207 g/mol. The summed E-state index contributed by atoms with van der Waals surface area (Å²) in [5.74, 6) is -0.238. The highest BCUT2D eigenvalue weighted by Crippen LogP contribution is 2.53. The van der Waals surface area contributed by atoms with Crippen molar-refractivity contribution >= 4 is 13.5 Å². The molecular weight excluding hydrogens is 193 g/mol. The molecule has 1 N–H and O–H groups in total. The highest BCUT2D eigenvalue weighted by molar-refractivity contribution is 7.55. The van der Waals surface area contributed by atoms with Crippen molar-refractivity contribution in [3.63, 3.8) is 0 Å². The predicted molar refractivity (Wildman–Crippen MR) is 47.7 cm³/mol. The monoisotopic (exact) mass is 207 g/mol. The smallest absolute Gasteiger partial charge is 0.342 e. The molecule has 6 heteroatoms. The van der Waals surface area contributed by atoms with Crippen molar-refractivity contribution in [1.29, 1.82) is 0 Å². The number of rotatable bonds is 3. The van der Waals surface area contributed by atoms with Gasteiger partial charge in [0.2, 0.25) is 5.91 Å². The van der Waals surface area contributed by atoms with E-state index in [0.29, 0.717) is 13.0 Å². The van der Waals surface area contributed by atoms with Crippen LogP contribution in [-0.4, -0.2) is 32.3 Å². The Balaban J connectivity index is 2.78. The van der Waals surface area contributed by atoms with Gasteiger partial charge in [-0.2, -0.15) is 0 Å². The van der Waals surface area contributed by atoms with Crippen molar-refractivity contribution in [3.05, 3.63) is 0 Å². The lowest BCUT2D eigenvalue weighted by molar-refractivity contribution is -0.122. The molecule has 0 aliphatic carbocycles. The third kappa shape index (κ3) is 2.10. The minimum Gasteiger partial charge on any atom is -0.355 e. The van der Waals surface area contributed by atoms with Crippen LogP contribution in [0, 0.1) is 0 Å². The molecule has 1 unspecified atom stereocenters. The lowest BCUT2D eigenvalue weighted by atomic mass is 10.1. The number of carbonyl (C=O) groups excluding carboxylic acids is 1. The first kappa shape index (κ1) is 10.7. The molecule has 13 heavy (non-hydrogen) atoms. The molecule has 1 heterocycles. The molecule has 1 atom stereocenters. The fourth-order valence-corrected chi connectivity index (χ4v) is 2.92. The first-order chi connectivity index (χ1) is 6.14. The first-order valence-corrected chi connectivity index (χ1v) is 5.74. The fourth-order valence-electron chi connectivity index (χ4n) is 1.39. The summed E-state index contributed by atoms with van der Waals surface area (Å²) in [6.45, 7) is 0.642. The van der Waals surface area contributed by atoms with Gasteiger partial charge in [-0.25, -0.2) is 0 Å². The molecule has 1 fully saturated rings. The predicted octanol–water partition coefficient (Wildman–Crippen LogP) is 0.751. The van der Waals surface area contributed by atoms with Crippen molar-refractivity contribution in [2.45, 2.75) is 18.5 Å². The van der Waals surface area contributed by atoms with Crippen LogP contribution in [0.2, 0.25) is 0 Å². The summed E-state index contributed by atoms with van der Waals surface area (Å²) in [5.41, 5.74) is -0.642. The van der Waals surface area contributed by atoms with Crippen molar-refractivity contribution in [2.75, 3.05) is 20.8 Å². The second-order valence-corrected chi connectivity index (χ2v) is 5.29. The molecule has 5 nitrogen and oxygen atoms in total. The normalized spacial score (nSPS) is 24.2.